The van der Waals surface area contributed by atoms with Gasteiger partial charge in [0.15, 0.2) is 44.0 Å². The van der Waals surface area contributed by atoms with Crippen LogP contribution in [-0.2, 0) is 75.9 Å². The maximum absolute atomic E-state index is 12.8. The Morgan fingerprint density at radius 3 is 1.16 bits per heavy atom. The van der Waals surface area contributed by atoms with Crippen molar-refractivity contribution in [2.75, 3.05) is 59.5 Å². The number of hydrogen-bond acceptors (Lipinski definition) is 41. The summed E-state index contributed by atoms with van der Waals surface area (Å²) in [5, 5.41) is 276. The lowest BCUT2D eigenvalue weighted by Crippen LogP contribution is -2.69. The summed E-state index contributed by atoms with van der Waals surface area (Å²) in [6.07, 6.45) is -77.4. The molecule has 0 saturated carbocycles. The Morgan fingerprint density at radius 2 is 0.716 bits per heavy atom. The van der Waals surface area contributed by atoms with Crippen LogP contribution in [0.4, 0.5) is 0 Å². The molecule has 2 amide bonds. The van der Waals surface area contributed by atoms with Crippen LogP contribution < -0.4 is 10.6 Å². The van der Waals surface area contributed by atoms with E-state index in [9.17, 15) is 137 Å². The van der Waals surface area contributed by atoms with Crippen LogP contribution in [-0.4, -0.2) is 438 Å². The molecule has 0 radical (unpaired) electrons. The first-order valence-corrected chi connectivity index (χ1v) is 30.1. The molecule has 39 atom stereocenters. The SMILES string of the molecule is CC(=O)N[C@H]1[C@H](O[C@@H]([C@H](O)[C@H](CO)NC(C)=O)[C@H](O)CO)O[C@H](CO)[C@@H](O[C@@H]2O[C@H](CO[C@H]3O[C@H](CO[C@H]4O[C@H](CO)[C@@H](O)[C@H](O)[C@@H]4O)[C@@H](O)[C@H](O[C@H]4O[C@H](CO)[C@@H](O)[C@H](O)[C@@H]4O)[C@@H]3O)[C@@H](O)[C@H](O[C@H]3O[C@H](CO)[C@@H](O)[C@H](O)[C@@H]3O[C@H]3O[C@H](CO)[C@@H](O)[C@H](O)[C@@H]3O)[C@@H]2O)[C@@H]1O. The normalized spacial score (nSPS) is 47.3. The number of aliphatic hydroxyl groups is 25. The quantitative estimate of drug-likeness (QED) is 0.0346. The molecule has 0 unspecified atom stereocenters. The molecule has 7 rings (SSSR count). The Labute approximate surface area is 537 Å². The van der Waals surface area contributed by atoms with Gasteiger partial charge in [0.2, 0.25) is 11.8 Å². The van der Waals surface area contributed by atoms with Crippen LogP contribution in [0.25, 0.3) is 0 Å². The summed E-state index contributed by atoms with van der Waals surface area (Å²) in [5.74, 6) is -1.74. The number of rotatable bonds is 28. The fourth-order valence-electron chi connectivity index (χ4n) is 11.7. The highest BCUT2D eigenvalue weighted by Crippen LogP contribution is 2.38. The zero-order valence-electron chi connectivity index (χ0n) is 50.6. The first-order valence-electron chi connectivity index (χ1n) is 30.1. The molecule has 43 nitrogen and oxygen atoms in total. The fourth-order valence-corrected chi connectivity index (χ4v) is 11.7. The molecule has 0 aromatic rings. The molecule has 7 fully saturated rings. The van der Waals surface area contributed by atoms with Gasteiger partial charge < -0.3 is 205 Å². The van der Waals surface area contributed by atoms with Crippen molar-refractivity contribution in [2.24, 2.45) is 0 Å². The Kier molecular flexibility index (Phi) is 29.6. The molecule has 27 N–H and O–H groups in total. The van der Waals surface area contributed by atoms with E-state index in [2.05, 4.69) is 10.6 Å². The van der Waals surface area contributed by atoms with Gasteiger partial charge in [-0.2, -0.15) is 0 Å². The molecule has 43 heteroatoms. The van der Waals surface area contributed by atoms with E-state index in [1.54, 1.807) is 0 Å². The van der Waals surface area contributed by atoms with Crippen LogP contribution >= 0.6 is 0 Å². The summed E-state index contributed by atoms with van der Waals surface area (Å²) >= 11 is 0. The van der Waals surface area contributed by atoms with Crippen molar-refractivity contribution in [1.82, 2.24) is 10.6 Å². The smallest absolute Gasteiger partial charge is 0.217 e. The third-order valence-electron chi connectivity index (χ3n) is 17.1. The van der Waals surface area contributed by atoms with Gasteiger partial charge in [-0.05, 0) is 0 Å². The first-order chi connectivity index (χ1) is 44.9. The predicted molar refractivity (Wildman–Crippen MR) is 290 cm³/mol. The lowest BCUT2D eigenvalue weighted by molar-refractivity contribution is -0.398. The lowest BCUT2D eigenvalue weighted by atomic mass is 9.94. The summed E-state index contributed by atoms with van der Waals surface area (Å²) < 4.78 is 80.9. The zero-order chi connectivity index (χ0) is 70.3. The second kappa shape index (κ2) is 35.3. The minimum absolute atomic E-state index is 0.791. The molecular weight excluding hydrogens is 1310 g/mol. The summed E-state index contributed by atoms with van der Waals surface area (Å²) in [6, 6.07) is -3.55. The van der Waals surface area contributed by atoms with Gasteiger partial charge in [-0.15, -0.1) is 0 Å². The van der Waals surface area contributed by atoms with Gasteiger partial charge in [0.1, 0.15) is 189 Å². The van der Waals surface area contributed by atoms with Crippen molar-refractivity contribution in [3.8, 4) is 0 Å². The Bertz CT molecular complexity index is 2330. The van der Waals surface area contributed by atoms with E-state index in [-0.39, 0.29) is 0 Å². The zero-order valence-corrected chi connectivity index (χ0v) is 50.6. The molecule has 7 aliphatic rings. The number of aliphatic hydroxyl groups excluding tert-OH is 25. The minimum Gasteiger partial charge on any atom is -0.394 e. The van der Waals surface area contributed by atoms with E-state index < -0.39 is 311 Å². The highest BCUT2D eigenvalue weighted by Gasteiger charge is 2.59. The van der Waals surface area contributed by atoms with Gasteiger partial charge in [-0.25, -0.2) is 0 Å². The number of carbonyl (C=O) groups excluding carboxylic acids is 2. The number of hydrogen-bond donors (Lipinski definition) is 27. The van der Waals surface area contributed by atoms with E-state index in [0.717, 1.165) is 13.8 Å². The molecule has 554 valence electrons. The molecule has 7 heterocycles. The van der Waals surface area contributed by atoms with E-state index in [1.165, 1.54) is 0 Å². The third kappa shape index (κ3) is 18.0. The molecule has 0 spiro atoms. The van der Waals surface area contributed by atoms with Crippen LogP contribution in [0, 0.1) is 0 Å². The van der Waals surface area contributed by atoms with Gasteiger partial charge >= 0.3 is 0 Å². The van der Waals surface area contributed by atoms with Crippen molar-refractivity contribution < 1.29 is 204 Å². The Morgan fingerprint density at radius 1 is 0.358 bits per heavy atom. The lowest BCUT2D eigenvalue weighted by Gasteiger charge is -2.50. The number of amides is 2. The maximum Gasteiger partial charge on any atom is 0.217 e. The van der Waals surface area contributed by atoms with E-state index in [0.29, 0.717) is 0 Å². The number of ether oxygens (including phenoxy) is 14. The van der Waals surface area contributed by atoms with Gasteiger partial charge in [-0.1, -0.05) is 0 Å². The van der Waals surface area contributed by atoms with Crippen molar-refractivity contribution in [1.29, 1.82) is 0 Å². The second-order valence-electron chi connectivity index (χ2n) is 23.7. The predicted octanol–water partition coefficient (Wildman–Crippen LogP) is -18.5. The average molecular weight is 1400 g/mol. The van der Waals surface area contributed by atoms with E-state index in [4.69, 9.17) is 66.3 Å². The van der Waals surface area contributed by atoms with Gasteiger partial charge in [0.05, 0.1) is 65.5 Å². The molecule has 95 heavy (non-hydrogen) atoms. The molecule has 0 aromatic heterocycles. The highest BCUT2D eigenvalue weighted by atomic mass is 16.8. The van der Waals surface area contributed by atoms with Crippen LogP contribution in [0.15, 0.2) is 0 Å². The van der Waals surface area contributed by atoms with Crippen molar-refractivity contribution in [2.45, 2.75) is 253 Å². The summed E-state index contributed by atoms with van der Waals surface area (Å²) in [5.41, 5.74) is 0. The third-order valence-corrected chi connectivity index (χ3v) is 17.1. The standard InChI is InChI=1S/C52H90N2O41/c1-12(62)53-14(3-55)24(65)41(15(64)4-56)91-46-23(54-13(2)63)31(72)42(20(9-61)88-46)92-51-40(81)44(94-52-45(35(76)28(69)19(8-60)87-52)95-50-38(79)34(75)27(68)18(7-59)86-50)30(71)22(90-51)11-83-48-39(80)43(93-49-37(78)33(74)26(67)17(6-58)85-49)29(70)21(89-48)10-82-47-36(77)32(73)25(66)16(5-57)84-47/h14-52,55-61,64-81H,3-11H2,1-2H3,(H,53,62)(H,54,63)/t14-,15+,16+,17+,18+,19+,20+,21+,22+,23+,24+,25+,26+,27+,28+,29+,30+,31+,32-,33-,34-,35-,36-,37-,38-,39-,40-,41+,42+,43-,44-,45-,46-,47-,48-,49+,50+,51-,52+/m0/s1. The van der Waals surface area contributed by atoms with E-state index in [1.807, 2.05) is 0 Å². The highest BCUT2D eigenvalue weighted by molar-refractivity contribution is 5.73. The largest absolute Gasteiger partial charge is 0.394 e. The summed E-state index contributed by atoms with van der Waals surface area (Å²) in [4.78, 5) is 24.7. The second-order valence-corrected chi connectivity index (χ2v) is 23.7. The summed E-state index contributed by atoms with van der Waals surface area (Å²) in [7, 11) is 0. The van der Waals surface area contributed by atoms with Crippen LogP contribution in [0.3, 0.4) is 0 Å². The van der Waals surface area contributed by atoms with Crippen molar-refractivity contribution in [3.63, 3.8) is 0 Å². The maximum atomic E-state index is 12.8. The van der Waals surface area contributed by atoms with Gasteiger partial charge in [0, 0.05) is 13.8 Å². The monoisotopic (exact) mass is 1400 g/mol. The van der Waals surface area contributed by atoms with Crippen LogP contribution in [0.2, 0.25) is 0 Å². The Hall–Kier alpha value is -2.62. The van der Waals surface area contributed by atoms with Crippen molar-refractivity contribution in [3.05, 3.63) is 0 Å². The molecule has 0 bridgehead atoms. The van der Waals surface area contributed by atoms with Crippen LogP contribution in [0.1, 0.15) is 13.8 Å². The molecule has 0 aliphatic carbocycles. The minimum atomic E-state index is -2.51. The fraction of sp³-hybridized carbons (Fsp3) is 0.962. The first kappa shape index (κ1) is 79.7. The van der Waals surface area contributed by atoms with Gasteiger partial charge in [0.25, 0.3) is 0 Å². The Balaban J connectivity index is 1.24. The van der Waals surface area contributed by atoms with Crippen molar-refractivity contribution >= 4 is 11.8 Å². The molecule has 0 aromatic carbocycles. The average Bonchev–Trinajstić information content (AvgIpc) is 0.782. The van der Waals surface area contributed by atoms with Crippen LogP contribution in [0.5, 0.6) is 0 Å². The summed E-state index contributed by atoms with van der Waals surface area (Å²) in [6.45, 7) is -7.60. The molecule has 7 aliphatic heterocycles. The topological polar surface area (TPSA) is 693 Å². The van der Waals surface area contributed by atoms with Gasteiger partial charge in [-0.3, -0.25) is 9.59 Å². The number of carbonyl (C=O) groups is 2. The number of nitrogens with one attached hydrogen (secondary N) is 2. The molecule has 7 saturated heterocycles. The van der Waals surface area contributed by atoms with E-state index >= 15 is 0 Å². The molecular formula is C52H90N2O41.